The van der Waals surface area contributed by atoms with E-state index in [9.17, 15) is 9.59 Å². The molecule has 0 aliphatic carbocycles. The molecule has 0 saturated carbocycles. The van der Waals surface area contributed by atoms with Gasteiger partial charge in [-0.15, -0.1) is 0 Å². The Labute approximate surface area is 222 Å². The van der Waals surface area contributed by atoms with Crippen LogP contribution in [0.1, 0.15) is 82.1 Å². The van der Waals surface area contributed by atoms with E-state index in [1.165, 1.54) is 0 Å². The Bertz CT molecular complexity index is 939. The molecule has 1 N–H and O–H groups in total. The number of carbonyl (C=O) groups excluding carboxylic acids is 2. The molecule has 1 aromatic heterocycles. The van der Waals surface area contributed by atoms with Crippen LogP contribution in [-0.4, -0.2) is 82.0 Å². The molecule has 0 unspecified atom stereocenters. The molecule has 11 heteroatoms. The highest BCUT2D eigenvalue weighted by Gasteiger charge is 2.52. The lowest BCUT2D eigenvalue weighted by molar-refractivity contribution is -0.134. The average molecular weight is 517 g/mol. The van der Waals surface area contributed by atoms with E-state index >= 15 is 0 Å². The van der Waals surface area contributed by atoms with Crippen LogP contribution in [0.15, 0.2) is 12.4 Å². The minimum atomic E-state index is -0.654. The zero-order valence-electron chi connectivity index (χ0n) is 24.1. The van der Waals surface area contributed by atoms with Gasteiger partial charge >= 0.3 is 13.2 Å². The Morgan fingerprint density at radius 1 is 1.08 bits per heavy atom. The van der Waals surface area contributed by atoms with Crippen molar-refractivity contribution in [2.75, 3.05) is 18.0 Å². The van der Waals surface area contributed by atoms with Gasteiger partial charge in [0.1, 0.15) is 11.6 Å². The SMILES string of the molecule is CC(C)N(c1ncc(B2OC(C)(C)C(C)(C)O2)cn1)C1CCN(C(=O)[C@@H](C)NC(=O)OC(C)(C)C)CC1. The van der Waals surface area contributed by atoms with Crippen LogP contribution in [0.4, 0.5) is 10.7 Å². The molecule has 1 aromatic rings. The molecule has 2 aliphatic heterocycles. The number of carbonyl (C=O) groups is 2. The Morgan fingerprint density at radius 2 is 1.59 bits per heavy atom. The zero-order valence-corrected chi connectivity index (χ0v) is 24.1. The van der Waals surface area contributed by atoms with Crippen LogP contribution in [0.3, 0.4) is 0 Å². The number of nitrogens with zero attached hydrogens (tertiary/aromatic N) is 4. The first-order valence-electron chi connectivity index (χ1n) is 13.2. The van der Waals surface area contributed by atoms with Crippen molar-refractivity contribution in [1.29, 1.82) is 0 Å². The van der Waals surface area contributed by atoms with Crippen molar-refractivity contribution in [3.05, 3.63) is 12.4 Å². The van der Waals surface area contributed by atoms with Crippen molar-refractivity contribution in [3.63, 3.8) is 0 Å². The Morgan fingerprint density at radius 3 is 2.05 bits per heavy atom. The first kappa shape index (κ1) is 29.2. The highest BCUT2D eigenvalue weighted by Crippen LogP contribution is 2.36. The van der Waals surface area contributed by atoms with E-state index in [4.69, 9.17) is 14.0 Å². The number of hydrogen-bond acceptors (Lipinski definition) is 8. The molecule has 1 atom stereocenters. The minimum absolute atomic E-state index is 0.108. The van der Waals surface area contributed by atoms with E-state index in [2.05, 4.69) is 34.0 Å². The number of ether oxygens (including phenoxy) is 1. The first-order valence-corrected chi connectivity index (χ1v) is 13.2. The third kappa shape index (κ3) is 6.93. The number of piperidine rings is 1. The highest BCUT2D eigenvalue weighted by molar-refractivity contribution is 6.61. The predicted molar refractivity (Wildman–Crippen MR) is 144 cm³/mol. The monoisotopic (exact) mass is 517 g/mol. The van der Waals surface area contributed by atoms with Crippen molar-refractivity contribution in [3.8, 4) is 0 Å². The Balaban J connectivity index is 1.60. The van der Waals surface area contributed by atoms with Gasteiger partial charge in [0, 0.05) is 43.0 Å². The average Bonchev–Trinajstić information content (AvgIpc) is 2.99. The number of alkyl carbamates (subject to hydrolysis) is 1. The smallest absolute Gasteiger partial charge is 0.444 e. The quantitative estimate of drug-likeness (QED) is 0.575. The van der Waals surface area contributed by atoms with Crippen molar-refractivity contribution in [2.24, 2.45) is 0 Å². The van der Waals surface area contributed by atoms with Gasteiger partial charge in [0.15, 0.2) is 0 Å². The van der Waals surface area contributed by atoms with Crippen LogP contribution in [0, 0.1) is 0 Å². The van der Waals surface area contributed by atoms with Crippen LogP contribution in [0.25, 0.3) is 0 Å². The van der Waals surface area contributed by atoms with Gasteiger partial charge in [-0.1, -0.05) is 0 Å². The molecule has 3 rings (SSSR count). The van der Waals surface area contributed by atoms with E-state index in [1.807, 2.05) is 27.7 Å². The van der Waals surface area contributed by atoms with Gasteiger partial charge in [-0.25, -0.2) is 14.8 Å². The summed E-state index contributed by atoms with van der Waals surface area (Å²) in [5.74, 6) is 0.545. The number of amides is 2. The van der Waals surface area contributed by atoms with E-state index in [0.717, 1.165) is 18.3 Å². The molecule has 0 spiro atoms. The molecular weight excluding hydrogens is 473 g/mol. The van der Waals surface area contributed by atoms with Crippen LogP contribution in [0.5, 0.6) is 0 Å². The molecule has 37 heavy (non-hydrogen) atoms. The fourth-order valence-corrected chi connectivity index (χ4v) is 4.57. The molecule has 0 aromatic carbocycles. The van der Waals surface area contributed by atoms with E-state index in [0.29, 0.717) is 19.0 Å². The number of hydrogen-bond donors (Lipinski definition) is 1. The highest BCUT2D eigenvalue weighted by atomic mass is 16.7. The third-order valence-electron chi connectivity index (χ3n) is 7.24. The summed E-state index contributed by atoms with van der Waals surface area (Å²) in [7, 11) is -0.503. The first-order chi connectivity index (χ1) is 17.0. The number of anilines is 1. The summed E-state index contributed by atoms with van der Waals surface area (Å²) in [4.78, 5) is 38.4. The number of likely N-dealkylation sites (tertiary alicyclic amines) is 1. The van der Waals surface area contributed by atoms with Gasteiger partial charge in [-0.05, 0) is 82.1 Å². The van der Waals surface area contributed by atoms with Crippen molar-refractivity contribution >= 4 is 30.5 Å². The van der Waals surface area contributed by atoms with Crippen molar-refractivity contribution in [1.82, 2.24) is 20.2 Å². The van der Waals surface area contributed by atoms with Gasteiger partial charge in [0.2, 0.25) is 11.9 Å². The lowest BCUT2D eigenvalue weighted by Gasteiger charge is -2.41. The number of aromatic nitrogens is 2. The van der Waals surface area contributed by atoms with Crippen LogP contribution < -0.4 is 15.7 Å². The fourth-order valence-electron chi connectivity index (χ4n) is 4.57. The Kier molecular flexibility index (Phi) is 8.49. The molecular formula is C26H44BN5O5. The summed E-state index contributed by atoms with van der Waals surface area (Å²) >= 11 is 0. The molecule has 2 saturated heterocycles. The summed E-state index contributed by atoms with van der Waals surface area (Å²) in [6, 6.07) is -0.276. The topological polar surface area (TPSA) is 106 Å². The van der Waals surface area contributed by atoms with Crippen molar-refractivity contribution < 1.29 is 23.6 Å². The Hall–Kier alpha value is -2.40. The van der Waals surface area contributed by atoms with Gasteiger partial charge < -0.3 is 29.2 Å². The van der Waals surface area contributed by atoms with E-state index in [1.54, 1.807) is 45.0 Å². The fraction of sp³-hybridized carbons (Fsp3) is 0.769. The van der Waals surface area contributed by atoms with Gasteiger partial charge in [-0.3, -0.25) is 4.79 Å². The lowest BCUT2D eigenvalue weighted by Crippen LogP contribution is -2.54. The van der Waals surface area contributed by atoms with Crippen molar-refractivity contribution in [2.45, 2.75) is 117 Å². The summed E-state index contributed by atoms with van der Waals surface area (Å²) in [6.07, 6.45) is 4.54. The molecule has 0 radical (unpaired) electrons. The summed E-state index contributed by atoms with van der Waals surface area (Å²) < 4.78 is 17.5. The maximum absolute atomic E-state index is 12.9. The summed E-state index contributed by atoms with van der Waals surface area (Å²) in [5.41, 5.74) is -0.675. The largest absolute Gasteiger partial charge is 0.498 e. The molecule has 3 heterocycles. The lowest BCUT2D eigenvalue weighted by atomic mass is 9.81. The third-order valence-corrected chi connectivity index (χ3v) is 7.24. The second kappa shape index (κ2) is 10.8. The molecule has 2 amide bonds. The standard InChI is InChI=1S/C26H44BN5O5/c1-17(2)32(22-28-15-19(16-29-22)27-36-25(7,8)26(9,10)37-27)20-11-13-31(14-12-20)21(33)18(3)30-23(34)35-24(4,5)6/h15-18,20H,11-14H2,1-10H3,(H,30,34)/t18-/m1/s1. The molecule has 2 aliphatic rings. The number of nitrogens with one attached hydrogen (secondary N) is 1. The maximum atomic E-state index is 12.9. The second-order valence-electron chi connectivity index (χ2n) is 12.3. The number of rotatable bonds is 6. The van der Waals surface area contributed by atoms with E-state index < -0.39 is 36.1 Å². The van der Waals surface area contributed by atoms with Gasteiger partial charge in [0.05, 0.1) is 11.2 Å². The maximum Gasteiger partial charge on any atom is 0.498 e. The minimum Gasteiger partial charge on any atom is -0.444 e. The summed E-state index contributed by atoms with van der Waals surface area (Å²) in [5, 5.41) is 2.65. The predicted octanol–water partition coefficient (Wildman–Crippen LogP) is 2.89. The molecule has 10 nitrogen and oxygen atoms in total. The molecule has 2 fully saturated rings. The van der Waals surface area contributed by atoms with E-state index in [-0.39, 0.29) is 18.0 Å². The normalized spacial score (nSPS) is 20.6. The summed E-state index contributed by atoms with van der Waals surface area (Å²) in [6.45, 7) is 20.6. The van der Waals surface area contributed by atoms with Gasteiger partial charge in [-0.2, -0.15) is 0 Å². The zero-order chi connectivity index (χ0) is 27.8. The van der Waals surface area contributed by atoms with Crippen LogP contribution in [-0.2, 0) is 18.8 Å². The second-order valence-corrected chi connectivity index (χ2v) is 12.3. The molecule has 0 bridgehead atoms. The van der Waals surface area contributed by atoms with Gasteiger partial charge in [0.25, 0.3) is 0 Å². The van der Waals surface area contributed by atoms with Crippen LogP contribution in [0.2, 0.25) is 0 Å². The van der Waals surface area contributed by atoms with Crippen LogP contribution >= 0.6 is 0 Å². The molecule has 206 valence electrons.